The van der Waals surface area contributed by atoms with Crippen LogP contribution in [0.5, 0.6) is 0 Å². The molecule has 7 aromatic carbocycles. The molecule has 228 valence electrons. The van der Waals surface area contributed by atoms with Gasteiger partial charge >= 0.3 is 0 Å². The first-order chi connectivity index (χ1) is 24.3. The summed E-state index contributed by atoms with van der Waals surface area (Å²) < 4.78 is 10.6. The molecule has 0 bridgehead atoms. The molecule has 0 radical (unpaired) electrons. The standard InChI is InChI=1S/C45H27N3O/c1-4-13-40-34(11-1)38-26-30(31-18-21-45-39(27-31)36-12-3-6-15-44(36)49-45)17-20-41(38)47(40)32-9-7-8-28(24-32)29-16-19-35-37(25-29)33-10-2-5-14-42(33)48-43(35)22-23-46-48/h1-27H. The number of hydrogen-bond acceptors (Lipinski definition) is 2. The number of pyridine rings is 1. The molecule has 0 spiro atoms. The zero-order valence-electron chi connectivity index (χ0n) is 26.3. The van der Waals surface area contributed by atoms with Gasteiger partial charge in [-0.1, -0.05) is 91.0 Å². The van der Waals surface area contributed by atoms with E-state index in [-0.39, 0.29) is 0 Å². The number of aromatic nitrogens is 3. The lowest BCUT2D eigenvalue weighted by atomic mass is 9.98. The molecule has 0 fully saturated rings. The SMILES string of the molecule is c1cc(-c2ccc3c(c2)c2ccccc2n2nccc32)cc(-n2c3ccccc3c3cc(-c4ccc5oc6ccccc6c5c4)ccc32)c1. The van der Waals surface area contributed by atoms with Crippen LogP contribution in [0.15, 0.2) is 168 Å². The van der Waals surface area contributed by atoms with Crippen LogP contribution in [0.2, 0.25) is 0 Å². The van der Waals surface area contributed by atoms with Crippen molar-refractivity contribution in [2.24, 2.45) is 0 Å². The fourth-order valence-corrected chi connectivity index (χ4v) is 7.92. The van der Waals surface area contributed by atoms with Crippen molar-refractivity contribution in [1.29, 1.82) is 0 Å². The van der Waals surface area contributed by atoms with E-state index < -0.39 is 0 Å². The Kier molecular flexibility index (Phi) is 5.35. The molecule has 0 amide bonds. The Morgan fingerprint density at radius 2 is 0.959 bits per heavy atom. The zero-order chi connectivity index (χ0) is 32.1. The topological polar surface area (TPSA) is 35.4 Å². The third-order valence-electron chi connectivity index (χ3n) is 10.2. The van der Waals surface area contributed by atoms with Gasteiger partial charge in [-0.15, -0.1) is 0 Å². The third kappa shape index (κ3) is 3.83. The van der Waals surface area contributed by atoms with Gasteiger partial charge in [-0.25, -0.2) is 4.52 Å². The molecular formula is C45H27N3O. The number of fused-ring (bicyclic) bond motifs is 12. The van der Waals surface area contributed by atoms with Gasteiger partial charge < -0.3 is 8.98 Å². The smallest absolute Gasteiger partial charge is 0.135 e. The molecule has 0 aliphatic carbocycles. The van der Waals surface area contributed by atoms with Gasteiger partial charge in [-0.3, -0.25) is 0 Å². The minimum atomic E-state index is 0.914. The van der Waals surface area contributed by atoms with Crippen molar-refractivity contribution in [3.63, 3.8) is 0 Å². The summed E-state index contributed by atoms with van der Waals surface area (Å²) >= 11 is 0. The van der Waals surface area contributed by atoms with E-state index in [0.29, 0.717) is 0 Å². The molecule has 11 rings (SSSR count). The first-order valence-corrected chi connectivity index (χ1v) is 16.6. The molecule has 0 unspecified atom stereocenters. The lowest BCUT2D eigenvalue weighted by molar-refractivity contribution is 0.669. The fraction of sp³-hybridized carbons (Fsp3) is 0. The van der Waals surface area contributed by atoms with E-state index in [2.05, 4.69) is 155 Å². The van der Waals surface area contributed by atoms with Gasteiger partial charge in [0, 0.05) is 38.0 Å². The summed E-state index contributed by atoms with van der Waals surface area (Å²) in [6.07, 6.45) is 1.88. The Morgan fingerprint density at radius 3 is 1.84 bits per heavy atom. The summed E-state index contributed by atoms with van der Waals surface area (Å²) in [4.78, 5) is 0. The maximum atomic E-state index is 6.11. The van der Waals surface area contributed by atoms with E-state index in [9.17, 15) is 0 Å². The van der Waals surface area contributed by atoms with Crippen LogP contribution in [0.3, 0.4) is 0 Å². The number of rotatable bonds is 3. The normalized spacial score (nSPS) is 12.1. The van der Waals surface area contributed by atoms with E-state index >= 15 is 0 Å². The van der Waals surface area contributed by atoms with E-state index in [1.807, 2.05) is 22.8 Å². The second-order valence-electron chi connectivity index (χ2n) is 12.8. The third-order valence-corrected chi connectivity index (χ3v) is 10.2. The van der Waals surface area contributed by atoms with Crippen LogP contribution in [0.25, 0.3) is 98.9 Å². The summed E-state index contributed by atoms with van der Waals surface area (Å²) in [5.74, 6) is 0. The number of para-hydroxylation sites is 3. The van der Waals surface area contributed by atoms with E-state index in [1.165, 1.54) is 60.2 Å². The van der Waals surface area contributed by atoms with Crippen LogP contribution >= 0.6 is 0 Å². The summed E-state index contributed by atoms with van der Waals surface area (Å²) in [6, 6.07) is 56.7. The van der Waals surface area contributed by atoms with Crippen molar-refractivity contribution in [3.8, 4) is 27.9 Å². The van der Waals surface area contributed by atoms with Crippen LogP contribution in [-0.4, -0.2) is 14.2 Å². The largest absolute Gasteiger partial charge is 0.456 e. The number of nitrogens with zero attached hydrogens (tertiary/aromatic N) is 3. The average Bonchev–Trinajstić information content (AvgIpc) is 3.89. The van der Waals surface area contributed by atoms with Gasteiger partial charge in [0.25, 0.3) is 0 Å². The molecule has 0 aliphatic rings. The summed E-state index contributed by atoms with van der Waals surface area (Å²) in [5.41, 5.74) is 12.3. The lowest BCUT2D eigenvalue weighted by Gasteiger charge is -2.12. The van der Waals surface area contributed by atoms with Crippen molar-refractivity contribution in [2.45, 2.75) is 0 Å². The quantitative estimate of drug-likeness (QED) is 0.183. The van der Waals surface area contributed by atoms with Crippen LogP contribution < -0.4 is 0 Å². The highest BCUT2D eigenvalue weighted by molar-refractivity contribution is 6.14. The first kappa shape index (κ1) is 26.4. The zero-order valence-corrected chi connectivity index (χ0v) is 26.3. The Morgan fingerprint density at radius 1 is 0.367 bits per heavy atom. The second-order valence-corrected chi connectivity index (χ2v) is 12.8. The Hall–Kier alpha value is -6.65. The van der Waals surface area contributed by atoms with E-state index in [1.54, 1.807) is 0 Å². The average molecular weight is 626 g/mol. The Labute approximate surface area is 280 Å². The highest BCUT2D eigenvalue weighted by atomic mass is 16.3. The monoisotopic (exact) mass is 625 g/mol. The highest BCUT2D eigenvalue weighted by Gasteiger charge is 2.16. The van der Waals surface area contributed by atoms with Gasteiger partial charge in [-0.2, -0.15) is 5.10 Å². The molecule has 0 saturated carbocycles. The second kappa shape index (κ2) is 9.93. The van der Waals surface area contributed by atoms with Gasteiger partial charge in [0.15, 0.2) is 0 Å². The van der Waals surface area contributed by atoms with E-state index in [4.69, 9.17) is 4.42 Å². The molecule has 49 heavy (non-hydrogen) atoms. The van der Waals surface area contributed by atoms with Crippen LogP contribution in [0.1, 0.15) is 0 Å². The molecule has 11 aromatic rings. The maximum Gasteiger partial charge on any atom is 0.135 e. The minimum Gasteiger partial charge on any atom is -0.456 e. The van der Waals surface area contributed by atoms with Gasteiger partial charge in [0.2, 0.25) is 0 Å². The molecule has 0 N–H and O–H groups in total. The number of benzene rings is 7. The van der Waals surface area contributed by atoms with Gasteiger partial charge in [0.1, 0.15) is 11.2 Å². The van der Waals surface area contributed by atoms with Crippen molar-refractivity contribution >= 4 is 70.9 Å². The predicted molar refractivity (Wildman–Crippen MR) is 203 cm³/mol. The number of hydrogen-bond donors (Lipinski definition) is 0. The molecule has 4 heterocycles. The van der Waals surface area contributed by atoms with Crippen molar-refractivity contribution in [3.05, 3.63) is 164 Å². The Balaban J connectivity index is 1.07. The molecule has 4 nitrogen and oxygen atoms in total. The summed E-state index contributed by atoms with van der Waals surface area (Å²) in [7, 11) is 0. The molecule has 4 aromatic heterocycles. The Bertz CT molecular complexity index is 3120. The van der Waals surface area contributed by atoms with Crippen LogP contribution in [0, 0.1) is 0 Å². The first-order valence-electron chi connectivity index (χ1n) is 16.6. The predicted octanol–water partition coefficient (Wildman–Crippen LogP) is 12.0. The van der Waals surface area contributed by atoms with Crippen molar-refractivity contribution < 1.29 is 4.42 Å². The van der Waals surface area contributed by atoms with Crippen LogP contribution in [-0.2, 0) is 0 Å². The molecule has 0 saturated heterocycles. The summed E-state index contributed by atoms with van der Waals surface area (Å²) in [6.45, 7) is 0. The highest BCUT2D eigenvalue weighted by Crippen LogP contribution is 2.38. The molecule has 4 heteroatoms. The van der Waals surface area contributed by atoms with E-state index in [0.717, 1.165) is 38.7 Å². The fourth-order valence-electron chi connectivity index (χ4n) is 7.92. The molecule has 0 atom stereocenters. The molecule has 0 aliphatic heterocycles. The maximum absolute atomic E-state index is 6.11. The van der Waals surface area contributed by atoms with Crippen LogP contribution in [0.4, 0.5) is 0 Å². The van der Waals surface area contributed by atoms with Crippen molar-refractivity contribution in [1.82, 2.24) is 14.2 Å². The van der Waals surface area contributed by atoms with Gasteiger partial charge in [-0.05, 0) is 94.4 Å². The van der Waals surface area contributed by atoms with Gasteiger partial charge in [0.05, 0.1) is 28.3 Å². The summed E-state index contributed by atoms with van der Waals surface area (Å²) in [5, 5.41) is 13.0. The van der Waals surface area contributed by atoms with Crippen molar-refractivity contribution in [2.75, 3.05) is 0 Å². The number of furan rings is 1. The minimum absolute atomic E-state index is 0.914. The molecular weight excluding hydrogens is 599 g/mol. The lowest BCUT2D eigenvalue weighted by Crippen LogP contribution is -1.95.